The zero-order valence-corrected chi connectivity index (χ0v) is 15.2. The van der Waals surface area contributed by atoms with Crippen molar-refractivity contribution in [1.29, 1.82) is 0 Å². The van der Waals surface area contributed by atoms with Crippen molar-refractivity contribution in [2.24, 2.45) is 11.8 Å². The highest BCUT2D eigenvalue weighted by molar-refractivity contribution is 5.75. The Morgan fingerprint density at radius 2 is 1.58 bits per heavy atom. The van der Waals surface area contributed by atoms with Gasteiger partial charge in [-0.2, -0.15) is 0 Å². The van der Waals surface area contributed by atoms with Gasteiger partial charge in [0.1, 0.15) is 6.29 Å². The minimum atomic E-state index is 0.405. The van der Waals surface area contributed by atoms with Gasteiger partial charge in [-0.15, -0.1) is 0 Å². The van der Waals surface area contributed by atoms with Crippen molar-refractivity contribution < 1.29 is 4.79 Å². The van der Waals surface area contributed by atoms with Crippen molar-refractivity contribution in [2.75, 3.05) is 0 Å². The molecule has 2 aliphatic rings. The van der Waals surface area contributed by atoms with Crippen LogP contribution in [0.3, 0.4) is 0 Å². The summed E-state index contributed by atoms with van der Waals surface area (Å²) in [7, 11) is 0. The predicted molar refractivity (Wildman–Crippen MR) is 100 cm³/mol. The Kier molecular flexibility index (Phi) is 6.48. The fourth-order valence-electron chi connectivity index (χ4n) is 4.85. The predicted octanol–water partition coefficient (Wildman–Crippen LogP) is 5.68. The number of nitrogens with one attached hydrogen (secondary N) is 1. The molecule has 2 saturated carbocycles. The maximum absolute atomic E-state index is 11.2. The van der Waals surface area contributed by atoms with E-state index in [1.54, 1.807) is 0 Å². The number of carbonyl (C=O) groups is 1. The first kappa shape index (κ1) is 17.7. The van der Waals surface area contributed by atoms with Crippen LogP contribution in [-0.2, 0) is 0 Å². The minimum absolute atomic E-state index is 0.405. The summed E-state index contributed by atoms with van der Waals surface area (Å²) in [6.45, 7) is 2.38. The van der Waals surface area contributed by atoms with Crippen LogP contribution in [0.1, 0.15) is 93.1 Å². The first-order chi connectivity index (χ1) is 11.8. The summed E-state index contributed by atoms with van der Waals surface area (Å²) in [4.78, 5) is 11.2. The van der Waals surface area contributed by atoms with E-state index in [4.69, 9.17) is 0 Å². The lowest BCUT2D eigenvalue weighted by atomic mass is 9.79. The van der Waals surface area contributed by atoms with Gasteiger partial charge in [0.2, 0.25) is 0 Å². The number of rotatable bonds is 6. The van der Waals surface area contributed by atoms with Gasteiger partial charge >= 0.3 is 0 Å². The van der Waals surface area contributed by atoms with Gasteiger partial charge < -0.3 is 5.32 Å². The Bertz CT molecular complexity index is 514. The molecule has 1 aromatic carbocycles. The maximum Gasteiger partial charge on any atom is 0.150 e. The number of hydrogen-bond acceptors (Lipinski definition) is 2. The van der Waals surface area contributed by atoms with Gasteiger partial charge in [-0.1, -0.05) is 56.7 Å². The number of carbonyl (C=O) groups excluding carboxylic acids is 1. The van der Waals surface area contributed by atoms with E-state index in [1.165, 1.54) is 69.8 Å². The molecule has 0 heterocycles. The van der Waals surface area contributed by atoms with Gasteiger partial charge in [-0.05, 0) is 56.1 Å². The van der Waals surface area contributed by atoms with Crippen LogP contribution >= 0.6 is 0 Å². The smallest absolute Gasteiger partial charge is 0.150 e. The lowest BCUT2D eigenvalue weighted by Gasteiger charge is -2.37. The Morgan fingerprint density at radius 3 is 2.21 bits per heavy atom. The van der Waals surface area contributed by atoms with Crippen molar-refractivity contribution in [1.82, 2.24) is 5.32 Å². The number of aldehydes is 1. The number of hydrogen-bond donors (Lipinski definition) is 1. The van der Waals surface area contributed by atoms with E-state index in [9.17, 15) is 4.79 Å². The molecule has 2 aliphatic carbocycles. The summed E-state index contributed by atoms with van der Waals surface area (Å²) in [6, 6.07) is 9.25. The molecule has 0 saturated heterocycles. The Hall–Kier alpha value is -1.15. The largest absolute Gasteiger partial charge is 0.307 e. The van der Waals surface area contributed by atoms with Gasteiger partial charge in [0.05, 0.1) is 0 Å². The second-order valence-corrected chi connectivity index (χ2v) is 8.02. The fourth-order valence-corrected chi connectivity index (χ4v) is 4.85. The van der Waals surface area contributed by atoms with E-state index in [0.717, 1.165) is 17.8 Å². The summed E-state index contributed by atoms with van der Waals surface area (Å²) >= 11 is 0. The Labute approximate surface area is 147 Å². The molecule has 0 aliphatic heterocycles. The van der Waals surface area contributed by atoms with Crippen molar-refractivity contribution in [3.63, 3.8) is 0 Å². The summed E-state index contributed by atoms with van der Waals surface area (Å²) < 4.78 is 0. The van der Waals surface area contributed by atoms with Gasteiger partial charge in [-0.25, -0.2) is 0 Å². The van der Waals surface area contributed by atoms with Crippen molar-refractivity contribution in [3.8, 4) is 0 Å². The highest BCUT2D eigenvalue weighted by Gasteiger charge is 2.29. The zero-order chi connectivity index (χ0) is 16.8. The van der Waals surface area contributed by atoms with E-state index in [1.807, 2.05) is 12.1 Å². The minimum Gasteiger partial charge on any atom is -0.307 e. The van der Waals surface area contributed by atoms with Crippen LogP contribution < -0.4 is 5.32 Å². The topological polar surface area (TPSA) is 29.1 Å². The molecule has 1 aromatic rings. The van der Waals surface area contributed by atoms with Crippen LogP contribution in [0.4, 0.5) is 0 Å². The maximum atomic E-state index is 11.2. The molecule has 2 nitrogen and oxygen atoms in total. The molecule has 0 amide bonds. The second-order valence-electron chi connectivity index (χ2n) is 8.02. The second kappa shape index (κ2) is 8.80. The average Bonchev–Trinajstić information content (AvgIpc) is 2.67. The standard InChI is InChI=1S/C22H33NO/c1-17(19-10-4-2-5-11-19)23-22(20-12-6-3-7-13-20)21-14-8-9-18(15-21)16-24/h8-9,14-17,19-20,22-23H,2-7,10-13H2,1H3/t17-,22?/m1/s1. The van der Waals surface area contributed by atoms with E-state index >= 15 is 0 Å². The molecule has 2 heteroatoms. The normalized spacial score (nSPS) is 22.9. The van der Waals surface area contributed by atoms with Crippen LogP contribution in [0.25, 0.3) is 0 Å². The molecular weight excluding hydrogens is 294 g/mol. The van der Waals surface area contributed by atoms with Crippen LogP contribution in [0.15, 0.2) is 24.3 Å². The summed E-state index contributed by atoms with van der Waals surface area (Å²) in [5, 5.41) is 4.01. The molecule has 0 radical (unpaired) electrons. The molecule has 0 bridgehead atoms. The average molecular weight is 328 g/mol. The first-order valence-corrected chi connectivity index (χ1v) is 10.1. The highest BCUT2D eigenvalue weighted by atomic mass is 16.1. The third-order valence-corrected chi connectivity index (χ3v) is 6.33. The molecule has 2 atom stereocenters. The van der Waals surface area contributed by atoms with E-state index in [0.29, 0.717) is 18.0 Å². The molecule has 2 fully saturated rings. The van der Waals surface area contributed by atoms with Crippen molar-refractivity contribution in [3.05, 3.63) is 35.4 Å². The van der Waals surface area contributed by atoms with Crippen LogP contribution in [0.2, 0.25) is 0 Å². The lowest BCUT2D eigenvalue weighted by Crippen LogP contribution is -2.40. The monoisotopic (exact) mass is 327 g/mol. The molecular formula is C22H33NO. The number of benzene rings is 1. The first-order valence-electron chi connectivity index (χ1n) is 10.1. The Morgan fingerprint density at radius 1 is 0.958 bits per heavy atom. The summed E-state index contributed by atoms with van der Waals surface area (Å²) in [5.74, 6) is 1.53. The molecule has 1 unspecified atom stereocenters. The van der Waals surface area contributed by atoms with Gasteiger partial charge in [0.15, 0.2) is 0 Å². The van der Waals surface area contributed by atoms with Crippen LogP contribution in [-0.4, -0.2) is 12.3 Å². The molecule has 0 aromatic heterocycles. The van der Waals surface area contributed by atoms with Crippen LogP contribution in [0, 0.1) is 11.8 Å². The fraction of sp³-hybridized carbons (Fsp3) is 0.682. The molecule has 1 N–H and O–H groups in total. The Balaban J connectivity index is 1.76. The molecule has 0 spiro atoms. The SMILES string of the molecule is C[C@@H](NC(c1cccc(C=O)c1)C1CCCCC1)C1CCCCC1. The summed E-state index contributed by atoms with van der Waals surface area (Å²) in [5.41, 5.74) is 2.12. The highest BCUT2D eigenvalue weighted by Crippen LogP contribution is 2.36. The third kappa shape index (κ3) is 4.47. The lowest BCUT2D eigenvalue weighted by molar-refractivity contribution is 0.112. The van der Waals surface area contributed by atoms with Gasteiger partial charge in [0.25, 0.3) is 0 Å². The summed E-state index contributed by atoms with van der Waals surface area (Å²) in [6.07, 6.45) is 14.7. The van der Waals surface area contributed by atoms with E-state index in [-0.39, 0.29) is 0 Å². The van der Waals surface area contributed by atoms with Crippen molar-refractivity contribution in [2.45, 2.75) is 83.2 Å². The van der Waals surface area contributed by atoms with Crippen molar-refractivity contribution >= 4 is 6.29 Å². The van der Waals surface area contributed by atoms with Gasteiger partial charge in [-0.3, -0.25) is 4.79 Å². The van der Waals surface area contributed by atoms with Crippen LogP contribution in [0.5, 0.6) is 0 Å². The van der Waals surface area contributed by atoms with E-state index < -0.39 is 0 Å². The molecule has 132 valence electrons. The molecule has 24 heavy (non-hydrogen) atoms. The molecule has 3 rings (SSSR count). The third-order valence-electron chi connectivity index (χ3n) is 6.33. The van der Waals surface area contributed by atoms with E-state index in [2.05, 4.69) is 24.4 Å². The quantitative estimate of drug-likeness (QED) is 0.681. The van der Waals surface area contributed by atoms with Gasteiger partial charge in [0, 0.05) is 17.6 Å². The zero-order valence-electron chi connectivity index (χ0n) is 15.2.